The van der Waals surface area contributed by atoms with Crippen molar-refractivity contribution in [2.24, 2.45) is 22.7 Å². The van der Waals surface area contributed by atoms with E-state index in [2.05, 4.69) is 53.4 Å². The monoisotopic (exact) mass is 314 g/mol. The van der Waals surface area contributed by atoms with Crippen LogP contribution in [0.25, 0.3) is 0 Å². The number of hydrogen-bond donors (Lipinski definition) is 1. The fourth-order valence-electron chi connectivity index (χ4n) is 2.79. The number of carbonyl (C=O) groups excluding carboxylic acids is 1. The van der Waals surface area contributed by atoms with Crippen LogP contribution in [0.5, 0.6) is 0 Å². The topological polar surface area (TPSA) is 46.5 Å². The van der Waals surface area contributed by atoms with Gasteiger partial charge in [0.25, 0.3) is 0 Å². The normalized spacial score (nSPS) is 15.5. The minimum absolute atomic E-state index is 0.0333. The molecule has 22 heavy (non-hydrogen) atoms. The van der Waals surface area contributed by atoms with Crippen LogP contribution in [0.15, 0.2) is 0 Å². The molecule has 3 heteroatoms. The molecule has 132 valence electrons. The fraction of sp³-hybridized carbons (Fsp3) is 0.947. The predicted molar refractivity (Wildman–Crippen MR) is 92.6 cm³/mol. The van der Waals surface area contributed by atoms with Crippen LogP contribution in [0.3, 0.4) is 0 Å². The second-order valence-corrected chi connectivity index (χ2v) is 9.04. The molecule has 0 aliphatic rings. The van der Waals surface area contributed by atoms with Crippen molar-refractivity contribution in [3.8, 4) is 0 Å². The van der Waals surface area contributed by atoms with Crippen molar-refractivity contribution in [3.63, 3.8) is 0 Å². The van der Waals surface area contributed by atoms with E-state index in [0.717, 1.165) is 19.3 Å². The van der Waals surface area contributed by atoms with Crippen LogP contribution in [0.4, 0.5) is 0 Å². The van der Waals surface area contributed by atoms with Gasteiger partial charge in [-0.25, -0.2) is 4.79 Å². The Bertz CT molecular complexity index is 310. The standard InChI is InChI=1S/C19H38O3/c1-15(19(5,6)7)16(17(20)22-21)13-11-9-8-10-12-14-18(2,3)4/h15-16,21H,8-14H2,1-7H3. The summed E-state index contributed by atoms with van der Waals surface area (Å²) in [5.41, 5.74) is 0.462. The van der Waals surface area contributed by atoms with Gasteiger partial charge in [0.15, 0.2) is 0 Å². The molecule has 0 saturated heterocycles. The number of unbranched alkanes of at least 4 members (excludes halogenated alkanes) is 4. The van der Waals surface area contributed by atoms with E-state index in [0.29, 0.717) is 5.41 Å². The molecule has 0 fully saturated rings. The van der Waals surface area contributed by atoms with Crippen LogP contribution in [0.2, 0.25) is 0 Å². The Morgan fingerprint density at radius 1 is 0.955 bits per heavy atom. The van der Waals surface area contributed by atoms with Gasteiger partial charge < -0.3 is 4.89 Å². The molecule has 1 N–H and O–H groups in total. The highest BCUT2D eigenvalue weighted by molar-refractivity contribution is 5.72. The summed E-state index contributed by atoms with van der Waals surface area (Å²) in [6.07, 6.45) is 8.02. The zero-order valence-electron chi connectivity index (χ0n) is 15.9. The first-order chi connectivity index (χ1) is 9.99. The molecule has 0 saturated carbocycles. The predicted octanol–water partition coefficient (Wildman–Crippen LogP) is 6.08. The molecule has 0 radical (unpaired) electrons. The molecule has 0 aromatic rings. The lowest BCUT2D eigenvalue weighted by atomic mass is 9.72. The first kappa shape index (κ1) is 21.4. The Labute approximate surface area is 137 Å². The molecule has 0 aliphatic carbocycles. The van der Waals surface area contributed by atoms with Crippen LogP contribution in [-0.2, 0) is 9.68 Å². The Hall–Kier alpha value is -0.570. The van der Waals surface area contributed by atoms with Gasteiger partial charge in [-0.3, -0.25) is 0 Å². The first-order valence-electron chi connectivity index (χ1n) is 8.84. The second-order valence-electron chi connectivity index (χ2n) is 9.04. The highest BCUT2D eigenvalue weighted by atomic mass is 17.1. The summed E-state index contributed by atoms with van der Waals surface area (Å²) >= 11 is 0. The third kappa shape index (κ3) is 9.45. The summed E-state index contributed by atoms with van der Waals surface area (Å²) in [5, 5.41) is 8.72. The van der Waals surface area contributed by atoms with Gasteiger partial charge in [0.05, 0.1) is 5.92 Å². The maximum Gasteiger partial charge on any atom is 0.345 e. The van der Waals surface area contributed by atoms with Crippen molar-refractivity contribution in [2.45, 2.75) is 93.4 Å². The van der Waals surface area contributed by atoms with Crippen molar-refractivity contribution in [2.75, 3.05) is 0 Å². The third-order valence-electron chi connectivity index (χ3n) is 4.80. The number of rotatable bonds is 9. The first-order valence-corrected chi connectivity index (χ1v) is 8.84. The van der Waals surface area contributed by atoms with E-state index in [1.165, 1.54) is 25.7 Å². The van der Waals surface area contributed by atoms with Gasteiger partial charge in [0, 0.05) is 0 Å². The molecule has 2 unspecified atom stereocenters. The van der Waals surface area contributed by atoms with Crippen molar-refractivity contribution < 1.29 is 14.9 Å². The van der Waals surface area contributed by atoms with Gasteiger partial charge in [-0.05, 0) is 29.6 Å². The van der Waals surface area contributed by atoms with Crippen LogP contribution in [0, 0.1) is 22.7 Å². The zero-order chi connectivity index (χ0) is 17.4. The summed E-state index contributed by atoms with van der Waals surface area (Å²) in [5.74, 6) is -0.497. The highest BCUT2D eigenvalue weighted by Crippen LogP contribution is 2.35. The van der Waals surface area contributed by atoms with E-state index >= 15 is 0 Å². The van der Waals surface area contributed by atoms with E-state index in [1.807, 2.05) is 0 Å². The Morgan fingerprint density at radius 3 is 1.91 bits per heavy atom. The third-order valence-corrected chi connectivity index (χ3v) is 4.80. The minimum Gasteiger partial charge on any atom is -0.301 e. The molecule has 0 heterocycles. The number of hydrogen-bond acceptors (Lipinski definition) is 3. The SMILES string of the molecule is CC(C(CCCCCCCC(C)(C)C)C(=O)OO)C(C)(C)C. The second kappa shape index (κ2) is 9.54. The zero-order valence-corrected chi connectivity index (χ0v) is 15.9. The summed E-state index contributed by atoms with van der Waals surface area (Å²) in [6, 6.07) is 0. The molecular formula is C19H38O3. The average molecular weight is 315 g/mol. The Morgan fingerprint density at radius 2 is 1.45 bits per heavy atom. The van der Waals surface area contributed by atoms with Crippen LogP contribution in [0.1, 0.15) is 93.4 Å². The van der Waals surface area contributed by atoms with E-state index < -0.39 is 5.97 Å². The summed E-state index contributed by atoms with van der Waals surface area (Å²) in [7, 11) is 0. The van der Waals surface area contributed by atoms with Gasteiger partial charge in [0.2, 0.25) is 0 Å². The Kier molecular flexibility index (Phi) is 9.30. The molecule has 0 bridgehead atoms. The number of carbonyl (C=O) groups is 1. The van der Waals surface area contributed by atoms with E-state index in [1.54, 1.807) is 0 Å². The van der Waals surface area contributed by atoms with Crippen molar-refractivity contribution in [3.05, 3.63) is 0 Å². The summed E-state index contributed by atoms with van der Waals surface area (Å²) in [6.45, 7) is 15.3. The van der Waals surface area contributed by atoms with Gasteiger partial charge in [-0.15, -0.1) is 0 Å². The Balaban J connectivity index is 4.08. The molecule has 2 atom stereocenters. The van der Waals surface area contributed by atoms with Crippen LogP contribution >= 0.6 is 0 Å². The van der Waals surface area contributed by atoms with Gasteiger partial charge >= 0.3 is 5.97 Å². The molecule has 0 amide bonds. The van der Waals surface area contributed by atoms with Crippen molar-refractivity contribution >= 4 is 5.97 Å². The summed E-state index contributed by atoms with van der Waals surface area (Å²) in [4.78, 5) is 15.8. The molecular weight excluding hydrogens is 276 g/mol. The average Bonchev–Trinajstić information content (AvgIpc) is 2.38. The van der Waals surface area contributed by atoms with Gasteiger partial charge in [0.1, 0.15) is 0 Å². The molecule has 3 nitrogen and oxygen atoms in total. The van der Waals surface area contributed by atoms with Gasteiger partial charge in [-0.1, -0.05) is 80.6 Å². The van der Waals surface area contributed by atoms with E-state index in [4.69, 9.17) is 5.26 Å². The molecule has 0 aromatic carbocycles. The lowest BCUT2D eigenvalue weighted by molar-refractivity contribution is -0.241. The molecule has 0 aromatic heterocycles. The fourth-order valence-corrected chi connectivity index (χ4v) is 2.79. The van der Waals surface area contributed by atoms with E-state index in [9.17, 15) is 4.79 Å². The maximum atomic E-state index is 11.8. The molecule has 0 aliphatic heterocycles. The van der Waals surface area contributed by atoms with Crippen LogP contribution in [-0.4, -0.2) is 11.2 Å². The van der Waals surface area contributed by atoms with Crippen molar-refractivity contribution in [1.82, 2.24) is 0 Å². The molecule has 0 spiro atoms. The lowest BCUT2D eigenvalue weighted by Crippen LogP contribution is -2.32. The van der Waals surface area contributed by atoms with E-state index in [-0.39, 0.29) is 17.3 Å². The largest absolute Gasteiger partial charge is 0.345 e. The minimum atomic E-state index is -0.477. The maximum absolute atomic E-state index is 11.8. The lowest BCUT2D eigenvalue weighted by Gasteiger charge is -2.32. The summed E-state index contributed by atoms with van der Waals surface area (Å²) < 4.78 is 0. The quantitative estimate of drug-likeness (QED) is 0.319. The smallest absolute Gasteiger partial charge is 0.301 e. The molecule has 0 rings (SSSR count). The van der Waals surface area contributed by atoms with Crippen LogP contribution < -0.4 is 0 Å². The van der Waals surface area contributed by atoms with Crippen molar-refractivity contribution in [1.29, 1.82) is 0 Å². The highest BCUT2D eigenvalue weighted by Gasteiger charge is 2.34. The van der Waals surface area contributed by atoms with Gasteiger partial charge in [-0.2, -0.15) is 5.26 Å².